The quantitative estimate of drug-likeness (QED) is 0.858. The Kier molecular flexibility index (Phi) is 4.85. The molecule has 0 unspecified atom stereocenters. The van der Waals surface area contributed by atoms with Crippen LogP contribution >= 0.6 is 11.8 Å². The van der Waals surface area contributed by atoms with Gasteiger partial charge < -0.3 is 9.88 Å². The van der Waals surface area contributed by atoms with Gasteiger partial charge >= 0.3 is 0 Å². The molecule has 1 amide bonds. The molecule has 1 N–H and O–H groups in total. The Labute approximate surface area is 118 Å². The van der Waals surface area contributed by atoms with E-state index in [1.165, 1.54) is 31.0 Å². The normalized spacial score (nSPS) is 25.0. The monoisotopic (exact) mass is 282 g/mol. The molecule has 1 heterocycles. The Balaban J connectivity index is 1.87. The lowest BCUT2D eigenvalue weighted by Crippen LogP contribution is -2.44. The topological polar surface area (TPSA) is 59.8 Å². The van der Waals surface area contributed by atoms with Gasteiger partial charge in [-0.05, 0) is 25.7 Å². The van der Waals surface area contributed by atoms with Crippen molar-refractivity contribution < 1.29 is 4.79 Å². The van der Waals surface area contributed by atoms with Gasteiger partial charge in [0.15, 0.2) is 5.16 Å². The molecule has 1 aromatic rings. The Morgan fingerprint density at radius 3 is 2.89 bits per heavy atom. The molecule has 1 fully saturated rings. The molecule has 1 aliphatic carbocycles. The second-order valence-corrected chi connectivity index (χ2v) is 6.67. The van der Waals surface area contributed by atoms with Crippen LogP contribution in [0.4, 0.5) is 0 Å². The van der Waals surface area contributed by atoms with Gasteiger partial charge in [-0.2, -0.15) is 0 Å². The maximum absolute atomic E-state index is 12.2. The number of amides is 1. The highest BCUT2D eigenvalue weighted by Gasteiger charge is 2.25. The molecule has 3 atom stereocenters. The Hall–Kier alpha value is -1.04. The number of aromatic nitrogens is 3. The average molecular weight is 282 g/mol. The van der Waals surface area contributed by atoms with Crippen LogP contribution in [0.2, 0.25) is 0 Å². The molecule has 2 rings (SSSR count). The van der Waals surface area contributed by atoms with Crippen molar-refractivity contribution in [1.29, 1.82) is 0 Å². The molecule has 5 nitrogen and oxygen atoms in total. The first kappa shape index (κ1) is 14.4. The van der Waals surface area contributed by atoms with Crippen molar-refractivity contribution in [3.63, 3.8) is 0 Å². The van der Waals surface area contributed by atoms with Crippen molar-refractivity contribution in [2.45, 2.75) is 56.0 Å². The summed E-state index contributed by atoms with van der Waals surface area (Å²) in [7, 11) is 1.89. The van der Waals surface area contributed by atoms with Crippen LogP contribution < -0.4 is 5.32 Å². The number of aryl methyl sites for hydroxylation is 1. The fraction of sp³-hybridized carbons (Fsp3) is 0.769. The summed E-state index contributed by atoms with van der Waals surface area (Å²) >= 11 is 1.45. The molecule has 1 aromatic heterocycles. The van der Waals surface area contributed by atoms with E-state index in [0.717, 1.165) is 11.6 Å². The molecule has 0 spiro atoms. The van der Waals surface area contributed by atoms with Gasteiger partial charge in [-0.15, -0.1) is 10.2 Å². The van der Waals surface area contributed by atoms with Crippen LogP contribution in [-0.2, 0) is 11.8 Å². The molecule has 106 valence electrons. The highest BCUT2D eigenvalue weighted by atomic mass is 32.2. The van der Waals surface area contributed by atoms with Crippen LogP contribution in [-0.4, -0.2) is 32.0 Å². The van der Waals surface area contributed by atoms with Gasteiger partial charge in [0.05, 0.1) is 5.25 Å². The summed E-state index contributed by atoms with van der Waals surface area (Å²) in [6.07, 6.45) is 6.48. The third kappa shape index (κ3) is 3.72. The van der Waals surface area contributed by atoms with E-state index in [9.17, 15) is 4.79 Å². The second-order valence-electron chi connectivity index (χ2n) is 5.36. The molecule has 6 heteroatoms. The number of nitrogens with zero attached hydrogens (tertiary/aromatic N) is 3. The summed E-state index contributed by atoms with van der Waals surface area (Å²) in [5.74, 6) is 0.691. The largest absolute Gasteiger partial charge is 0.352 e. The number of thioether (sulfide) groups is 1. The molecule has 1 saturated carbocycles. The number of hydrogen-bond acceptors (Lipinski definition) is 4. The van der Waals surface area contributed by atoms with Gasteiger partial charge in [0.2, 0.25) is 5.91 Å². The van der Waals surface area contributed by atoms with E-state index in [0.29, 0.717) is 12.0 Å². The van der Waals surface area contributed by atoms with Crippen molar-refractivity contribution in [1.82, 2.24) is 20.1 Å². The third-order valence-corrected chi connectivity index (χ3v) is 4.91. The van der Waals surface area contributed by atoms with E-state index in [2.05, 4.69) is 22.4 Å². The smallest absolute Gasteiger partial charge is 0.233 e. The summed E-state index contributed by atoms with van der Waals surface area (Å²) < 4.78 is 1.83. The fourth-order valence-corrected chi connectivity index (χ4v) is 3.22. The molecule has 0 saturated heterocycles. The minimum atomic E-state index is -0.142. The van der Waals surface area contributed by atoms with Crippen LogP contribution in [0, 0.1) is 5.92 Å². The zero-order valence-corrected chi connectivity index (χ0v) is 12.6. The van der Waals surface area contributed by atoms with Crippen molar-refractivity contribution in [3.05, 3.63) is 6.33 Å². The van der Waals surface area contributed by atoms with Crippen LogP contribution in [0.25, 0.3) is 0 Å². The number of rotatable bonds is 4. The standard InChI is InChI=1S/C13H22N4OS/c1-9-6-4-5-7-11(9)15-12(18)10(2)19-13-16-14-8-17(13)3/h8-11H,4-7H2,1-3H3,(H,15,18)/t9-,10+,11-/m0/s1. The predicted molar refractivity (Wildman–Crippen MR) is 75.9 cm³/mol. The number of carbonyl (C=O) groups excluding carboxylic acids is 1. The van der Waals surface area contributed by atoms with E-state index in [-0.39, 0.29) is 11.2 Å². The van der Waals surface area contributed by atoms with Crippen molar-refractivity contribution >= 4 is 17.7 Å². The van der Waals surface area contributed by atoms with Crippen LogP contribution in [0.5, 0.6) is 0 Å². The molecule has 0 bridgehead atoms. The number of hydrogen-bond donors (Lipinski definition) is 1. The molecule has 0 aliphatic heterocycles. The van der Waals surface area contributed by atoms with Crippen LogP contribution in [0.15, 0.2) is 11.5 Å². The van der Waals surface area contributed by atoms with Crippen LogP contribution in [0.3, 0.4) is 0 Å². The van der Waals surface area contributed by atoms with Gasteiger partial charge in [0.1, 0.15) is 6.33 Å². The highest BCUT2D eigenvalue weighted by Crippen LogP contribution is 2.25. The molecule has 0 aromatic carbocycles. The predicted octanol–water partition coefficient (Wildman–Crippen LogP) is 1.99. The Morgan fingerprint density at radius 2 is 2.26 bits per heavy atom. The van der Waals surface area contributed by atoms with Gasteiger partial charge in [-0.25, -0.2) is 0 Å². The summed E-state index contributed by atoms with van der Waals surface area (Å²) in [6, 6.07) is 0.337. The van der Waals surface area contributed by atoms with Gasteiger partial charge in [0, 0.05) is 13.1 Å². The van der Waals surface area contributed by atoms with Gasteiger partial charge in [0.25, 0.3) is 0 Å². The minimum Gasteiger partial charge on any atom is -0.352 e. The Morgan fingerprint density at radius 1 is 1.53 bits per heavy atom. The van der Waals surface area contributed by atoms with E-state index in [4.69, 9.17) is 0 Å². The van der Waals surface area contributed by atoms with Gasteiger partial charge in [-0.1, -0.05) is 31.5 Å². The zero-order chi connectivity index (χ0) is 13.8. The SMILES string of the molecule is C[C@@H](Sc1nncn1C)C(=O)N[C@H]1CCCC[C@@H]1C. The van der Waals surface area contributed by atoms with E-state index in [1.807, 2.05) is 18.5 Å². The van der Waals surface area contributed by atoms with E-state index >= 15 is 0 Å². The maximum Gasteiger partial charge on any atom is 0.233 e. The van der Waals surface area contributed by atoms with Crippen molar-refractivity contribution in [2.24, 2.45) is 13.0 Å². The van der Waals surface area contributed by atoms with Crippen molar-refractivity contribution in [2.75, 3.05) is 0 Å². The molecular formula is C13H22N4OS. The lowest BCUT2D eigenvalue weighted by molar-refractivity contribution is -0.121. The Bertz CT molecular complexity index is 434. The first-order valence-electron chi connectivity index (χ1n) is 6.89. The average Bonchev–Trinajstić information content (AvgIpc) is 2.78. The lowest BCUT2D eigenvalue weighted by Gasteiger charge is -2.30. The third-order valence-electron chi connectivity index (χ3n) is 3.76. The molecular weight excluding hydrogens is 260 g/mol. The number of carbonyl (C=O) groups is 1. The second kappa shape index (κ2) is 6.41. The fourth-order valence-electron chi connectivity index (χ4n) is 2.42. The molecule has 19 heavy (non-hydrogen) atoms. The van der Waals surface area contributed by atoms with Crippen molar-refractivity contribution in [3.8, 4) is 0 Å². The first-order valence-corrected chi connectivity index (χ1v) is 7.77. The van der Waals surface area contributed by atoms with Gasteiger partial charge in [-0.3, -0.25) is 4.79 Å². The lowest BCUT2D eigenvalue weighted by atomic mass is 9.86. The van der Waals surface area contributed by atoms with E-state index < -0.39 is 0 Å². The summed E-state index contributed by atoms with van der Waals surface area (Å²) in [6.45, 7) is 4.15. The zero-order valence-electron chi connectivity index (χ0n) is 11.8. The summed E-state index contributed by atoms with van der Waals surface area (Å²) in [5.41, 5.74) is 0. The minimum absolute atomic E-state index is 0.103. The maximum atomic E-state index is 12.2. The summed E-state index contributed by atoms with van der Waals surface area (Å²) in [4.78, 5) is 12.2. The molecule has 1 aliphatic rings. The first-order chi connectivity index (χ1) is 9.08. The van der Waals surface area contributed by atoms with E-state index in [1.54, 1.807) is 6.33 Å². The van der Waals surface area contributed by atoms with Crippen LogP contribution in [0.1, 0.15) is 39.5 Å². The number of nitrogens with one attached hydrogen (secondary N) is 1. The molecule has 0 radical (unpaired) electrons. The highest BCUT2D eigenvalue weighted by molar-refractivity contribution is 8.00. The summed E-state index contributed by atoms with van der Waals surface area (Å²) in [5, 5.41) is 11.6.